The maximum atomic E-state index is 11.4. The summed E-state index contributed by atoms with van der Waals surface area (Å²) >= 11 is 0. The Bertz CT molecular complexity index is 448. The third-order valence-electron chi connectivity index (χ3n) is 3.30. The number of likely N-dealkylation sites (N-methyl/N-ethyl adjacent to an activating group) is 1. The number of likely N-dealkylation sites (tertiary alicyclic amines) is 1. The summed E-state index contributed by atoms with van der Waals surface area (Å²) < 4.78 is 0. The zero-order valence-electron chi connectivity index (χ0n) is 10.8. The number of nitrogens with one attached hydrogen (secondary N) is 1. The molecule has 3 N–H and O–H groups in total. The minimum absolute atomic E-state index is 0.200. The van der Waals surface area contributed by atoms with Crippen molar-refractivity contribution in [2.24, 2.45) is 0 Å². The first-order chi connectivity index (χ1) is 8.61. The molecular weight excluding hydrogens is 230 g/mol. The summed E-state index contributed by atoms with van der Waals surface area (Å²) in [7, 11) is 1.82. The van der Waals surface area contributed by atoms with Crippen molar-refractivity contribution in [3.8, 4) is 0 Å². The number of amides is 1. The lowest BCUT2D eigenvalue weighted by Gasteiger charge is -2.30. The summed E-state index contributed by atoms with van der Waals surface area (Å²) in [6, 6.07) is 0.229. The Hall–Kier alpha value is -1.85. The van der Waals surface area contributed by atoms with Crippen molar-refractivity contribution in [3.05, 3.63) is 11.9 Å². The number of carbonyl (C=O) groups excluding carboxylic acids is 1. The van der Waals surface area contributed by atoms with Crippen LogP contribution in [0.15, 0.2) is 6.33 Å². The van der Waals surface area contributed by atoms with Crippen molar-refractivity contribution < 1.29 is 4.79 Å². The summed E-state index contributed by atoms with van der Waals surface area (Å²) in [6.07, 6.45) is 3.66. The Kier molecular flexibility index (Phi) is 3.64. The lowest BCUT2D eigenvalue weighted by atomic mass is 10.1. The Balaban J connectivity index is 2.10. The largest absolute Gasteiger partial charge is 0.383 e. The smallest absolute Gasteiger partial charge is 0.222 e. The Morgan fingerprint density at radius 2 is 2.33 bits per heavy atom. The summed E-state index contributed by atoms with van der Waals surface area (Å²) in [4.78, 5) is 21.4. The third-order valence-corrected chi connectivity index (χ3v) is 3.30. The molecule has 0 bridgehead atoms. The second kappa shape index (κ2) is 5.20. The van der Waals surface area contributed by atoms with Gasteiger partial charge in [-0.1, -0.05) is 6.92 Å². The fourth-order valence-corrected chi connectivity index (χ4v) is 2.22. The van der Waals surface area contributed by atoms with E-state index in [4.69, 9.17) is 5.73 Å². The topological polar surface area (TPSA) is 84.1 Å². The van der Waals surface area contributed by atoms with Gasteiger partial charge in [-0.2, -0.15) is 0 Å². The van der Waals surface area contributed by atoms with Crippen molar-refractivity contribution in [2.75, 3.05) is 24.6 Å². The van der Waals surface area contributed by atoms with Gasteiger partial charge < -0.3 is 16.0 Å². The van der Waals surface area contributed by atoms with Crippen molar-refractivity contribution in [3.63, 3.8) is 0 Å². The lowest BCUT2D eigenvalue weighted by molar-refractivity contribution is -0.132. The normalized spacial score (nSPS) is 20.0. The van der Waals surface area contributed by atoms with Crippen LogP contribution < -0.4 is 11.1 Å². The van der Waals surface area contributed by atoms with Crippen LogP contribution in [0.25, 0.3) is 0 Å². The van der Waals surface area contributed by atoms with Gasteiger partial charge in [0.05, 0.1) is 0 Å². The second-order valence-electron chi connectivity index (χ2n) is 4.59. The zero-order chi connectivity index (χ0) is 13.1. The molecule has 2 heterocycles. The molecule has 0 saturated carbocycles. The van der Waals surface area contributed by atoms with Crippen LogP contribution in [0.3, 0.4) is 0 Å². The summed E-state index contributed by atoms with van der Waals surface area (Å²) in [5.41, 5.74) is 6.77. The molecule has 98 valence electrons. The molecule has 2 rings (SSSR count). The predicted octanol–water partition coefficient (Wildman–Crippen LogP) is 0.654. The molecule has 1 aliphatic heterocycles. The SMILES string of the molecule is CCc1c(N)ncnc1NC1CCC(=O)N(C)C1. The first-order valence-corrected chi connectivity index (χ1v) is 6.21. The molecule has 1 saturated heterocycles. The predicted molar refractivity (Wildman–Crippen MR) is 70.1 cm³/mol. The monoisotopic (exact) mass is 249 g/mol. The molecular formula is C12H19N5O. The van der Waals surface area contributed by atoms with Gasteiger partial charge in [-0.05, 0) is 12.8 Å². The van der Waals surface area contributed by atoms with Crippen LogP contribution >= 0.6 is 0 Å². The molecule has 0 radical (unpaired) electrons. The van der Waals surface area contributed by atoms with E-state index in [1.165, 1.54) is 6.33 Å². The quantitative estimate of drug-likeness (QED) is 0.822. The molecule has 1 aromatic rings. The average Bonchev–Trinajstić information content (AvgIpc) is 2.34. The van der Waals surface area contributed by atoms with E-state index in [2.05, 4.69) is 15.3 Å². The van der Waals surface area contributed by atoms with Gasteiger partial charge in [0.2, 0.25) is 5.91 Å². The summed E-state index contributed by atoms with van der Waals surface area (Å²) in [5, 5.41) is 3.37. The van der Waals surface area contributed by atoms with Gasteiger partial charge in [0.1, 0.15) is 18.0 Å². The third kappa shape index (κ3) is 2.52. The molecule has 0 aliphatic carbocycles. The highest BCUT2D eigenvalue weighted by atomic mass is 16.2. The maximum Gasteiger partial charge on any atom is 0.222 e. The number of piperidine rings is 1. The second-order valence-corrected chi connectivity index (χ2v) is 4.59. The molecule has 1 fully saturated rings. The van der Waals surface area contributed by atoms with Crippen LogP contribution in [-0.4, -0.2) is 40.4 Å². The van der Waals surface area contributed by atoms with Crippen LogP contribution in [-0.2, 0) is 11.2 Å². The van der Waals surface area contributed by atoms with Crippen molar-refractivity contribution in [1.82, 2.24) is 14.9 Å². The zero-order valence-corrected chi connectivity index (χ0v) is 10.8. The highest BCUT2D eigenvalue weighted by Crippen LogP contribution is 2.21. The van der Waals surface area contributed by atoms with Gasteiger partial charge in [0, 0.05) is 31.6 Å². The molecule has 6 nitrogen and oxygen atoms in total. The fourth-order valence-electron chi connectivity index (χ4n) is 2.22. The van der Waals surface area contributed by atoms with E-state index in [0.29, 0.717) is 18.8 Å². The molecule has 0 aromatic carbocycles. The van der Waals surface area contributed by atoms with Crippen LogP contribution in [0.4, 0.5) is 11.6 Å². The van der Waals surface area contributed by atoms with Crippen LogP contribution in [0.5, 0.6) is 0 Å². The van der Waals surface area contributed by atoms with Gasteiger partial charge in [0.25, 0.3) is 0 Å². The molecule has 1 amide bonds. The van der Waals surface area contributed by atoms with E-state index < -0.39 is 0 Å². The number of hydrogen-bond donors (Lipinski definition) is 2. The number of rotatable bonds is 3. The van der Waals surface area contributed by atoms with Gasteiger partial charge in [-0.25, -0.2) is 9.97 Å². The van der Waals surface area contributed by atoms with E-state index in [-0.39, 0.29) is 11.9 Å². The Labute approximate surface area is 107 Å². The van der Waals surface area contributed by atoms with Gasteiger partial charge >= 0.3 is 0 Å². The summed E-state index contributed by atoms with van der Waals surface area (Å²) in [5.74, 6) is 1.51. The highest BCUT2D eigenvalue weighted by Gasteiger charge is 2.23. The van der Waals surface area contributed by atoms with E-state index >= 15 is 0 Å². The van der Waals surface area contributed by atoms with Crippen molar-refractivity contribution >= 4 is 17.5 Å². The van der Waals surface area contributed by atoms with Crippen molar-refractivity contribution in [1.29, 1.82) is 0 Å². The minimum atomic E-state index is 0.200. The molecule has 1 aromatic heterocycles. The first kappa shape index (κ1) is 12.6. The molecule has 1 unspecified atom stereocenters. The van der Waals surface area contributed by atoms with Crippen LogP contribution in [0.1, 0.15) is 25.3 Å². The standard InChI is InChI=1S/C12H19N5O/c1-3-9-11(13)14-7-15-12(9)16-8-4-5-10(18)17(2)6-8/h7-8H,3-6H2,1-2H3,(H3,13,14,15,16). The Morgan fingerprint density at radius 1 is 1.56 bits per heavy atom. The van der Waals surface area contributed by atoms with E-state index in [9.17, 15) is 4.79 Å². The highest BCUT2D eigenvalue weighted by molar-refractivity contribution is 5.77. The number of nitrogens with zero attached hydrogens (tertiary/aromatic N) is 3. The number of anilines is 2. The Morgan fingerprint density at radius 3 is 3.00 bits per heavy atom. The number of nitrogen functional groups attached to an aromatic ring is 1. The van der Waals surface area contributed by atoms with E-state index in [1.807, 2.05) is 14.0 Å². The molecule has 1 aliphatic rings. The summed E-state index contributed by atoms with van der Waals surface area (Å²) in [6.45, 7) is 2.72. The maximum absolute atomic E-state index is 11.4. The molecule has 1 atom stereocenters. The first-order valence-electron chi connectivity index (χ1n) is 6.21. The number of hydrogen-bond acceptors (Lipinski definition) is 5. The van der Waals surface area contributed by atoms with E-state index in [0.717, 1.165) is 24.2 Å². The van der Waals surface area contributed by atoms with Gasteiger partial charge in [-0.15, -0.1) is 0 Å². The van der Waals surface area contributed by atoms with Gasteiger partial charge in [0.15, 0.2) is 0 Å². The van der Waals surface area contributed by atoms with Crippen LogP contribution in [0, 0.1) is 0 Å². The van der Waals surface area contributed by atoms with Gasteiger partial charge in [-0.3, -0.25) is 4.79 Å². The molecule has 6 heteroatoms. The fraction of sp³-hybridized carbons (Fsp3) is 0.583. The average molecular weight is 249 g/mol. The number of nitrogens with two attached hydrogens (primary N) is 1. The van der Waals surface area contributed by atoms with Crippen molar-refractivity contribution in [2.45, 2.75) is 32.2 Å². The number of carbonyl (C=O) groups is 1. The lowest BCUT2D eigenvalue weighted by Crippen LogP contribution is -2.43. The van der Waals surface area contributed by atoms with Crippen LogP contribution in [0.2, 0.25) is 0 Å². The van der Waals surface area contributed by atoms with E-state index in [1.54, 1.807) is 4.90 Å². The molecule has 0 spiro atoms. The molecule has 18 heavy (non-hydrogen) atoms. The minimum Gasteiger partial charge on any atom is -0.383 e. The number of aromatic nitrogens is 2.